The van der Waals surface area contributed by atoms with Crippen molar-refractivity contribution in [3.63, 3.8) is 0 Å². The molecule has 0 amide bonds. The predicted octanol–water partition coefficient (Wildman–Crippen LogP) is -1.22. The third-order valence-electron chi connectivity index (χ3n) is 2.15. The van der Waals surface area contributed by atoms with Gasteiger partial charge in [0.1, 0.15) is 0 Å². The van der Waals surface area contributed by atoms with Crippen LogP contribution in [0.2, 0.25) is 0 Å². The lowest BCUT2D eigenvalue weighted by Crippen LogP contribution is -2.50. The van der Waals surface area contributed by atoms with Crippen molar-refractivity contribution in [3.05, 3.63) is 36.5 Å². The average Bonchev–Trinajstić information content (AvgIpc) is 2.15. The normalized spacial score (nSPS) is 11.9. The second-order valence-electron chi connectivity index (χ2n) is 3.22. The fraction of sp³-hybridized carbons (Fsp3) is 0. The van der Waals surface area contributed by atoms with Gasteiger partial charge in [0.05, 0.1) is 0 Å². The number of rotatable bonds is 1. The maximum Gasteiger partial charge on any atom is 0.409 e. The Morgan fingerprint density at radius 1 is 1.00 bits per heavy atom. The Kier molecular flexibility index (Phi) is 2.00. The van der Waals surface area contributed by atoms with Crippen molar-refractivity contribution >= 4 is 23.1 Å². The van der Waals surface area contributed by atoms with Crippen LogP contribution < -0.4 is 10.4 Å². The molecule has 1 aromatic heterocycles. The zero-order valence-electron chi connectivity index (χ0n) is 7.38. The van der Waals surface area contributed by atoms with E-state index in [1.807, 2.05) is 12.1 Å². The molecule has 0 aliphatic rings. The van der Waals surface area contributed by atoms with Gasteiger partial charge in [-0.05, 0) is 17.6 Å². The number of H-pyrrole nitrogens is 1. The first-order valence-corrected chi connectivity index (χ1v) is 4.30. The fourth-order valence-corrected chi connectivity index (χ4v) is 1.50. The zero-order valence-corrected chi connectivity index (χ0v) is 7.38. The molecule has 0 aliphatic carbocycles. The Labute approximate surface area is 80.5 Å². The Balaban J connectivity index is 2.78. The number of hydrogen-bond donors (Lipinski definition) is 3. The molecule has 0 aliphatic heterocycles. The van der Waals surface area contributed by atoms with E-state index in [-0.39, 0.29) is 5.46 Å². The van der Waals surface area contributed by atoms with Crippen LogP contribution in [-0.4, -0.2) is 21.8 Å². The number of pyridine rings is 1. The summed E-state index contributed by atoms with van der Waals surface area (Å²) in [6.45, 7) is -3.45. The van der Waals surface area contributed by atoms with E-state index in [2.05, 4.69) is 4.98 Å². The van der Waals surface area contributed by atoms with E-state index in [1.54, 1.807) is 18.3 Å². The summed E-state index contributed by atoms with van der Waals surface area (Å²) in [6, 6.07) is 8.56. The number of aromatic amines is 1. The first-order valence-electron chi connectivity index (χ1n) is 4.30. The first kappa shape index (κ1) is 9.14. The third-order valence-corrected chi connectivity index (χ3v) is 2.15. The Bertz CT molecular complexity index is 462. The summed E-state index contributed by atoms with van der Waals surface area (Å²) >= 11 is 0. The van der Waals surface area contributed by atoms with Gasteiger partial charge in [-0.25, -0.2) is 4.98 Å². The number of benzene rings is 1. The first-order chi connectivity index (χ1) is 6.59. The maximum atomic E-state index is 9.14. The van der Waals surface area contributed by atoms with Crippen LogP contribution in [0.1, 0.15) is 0 Å². The van der Waals surface area contributed by atoms with Gasteiger partial charge in [0.15, 0.2) is 11.7 Å². The largest absolute Gasteiger partial charge is 0.556 e. The molecule has 0 saturated heterocycles. The molecule has 0 fully saturated rings. The Morgan fingerprint density at radius 3 is 2.43 bits per heavy atom. The van der Waals surface area contributed by atoms with Crippen LogP contribution in [0.25, 0.3) is 10.9 Å². The van der Waals surface area contributed by atoms with Gasteiger partial charge in [-0.3, -0.25) is 0 Å². The molecular weight excluding hydrogens is 181 g/mol. The van der Waals surface area contributed by atoms with Crippen molar-refractivity contribution in [2.45, 2.75) is 0 Å². The molecule has 0 atom stereocenters. The second kappa shape index (κ2) is 3.06. The van der Waals surface area contributed by atoms with E-state index < -0.39 is 6.75 Å². The van der Waals surface area contributed by atoms with E-state index in [0.29, 0.717) is 5.52 Å². The van der Waals surface area contributed by atoms with E-state index >= 15 is 0 Å². The third kappa shape index (κ3) is 1.48. The van der Waals surface area contributed by atoms with Crippen LogP contribution in [0.3, 0.4) is 0 Å². The lowest BCUT2D eigenvalue weighted by Gasteiger charge is -2.20. The van der Waals surface area contributed by atoms with Gasteiger partial charge in [-0.1, -0.05) is 12.1 Å². The van der Waals surface area contributed by atoms with Crippen LogP contribution >= 0.6 is 0 Å². The van der Waals surface area contributed by atoms with E-state index in [0.717, 1.165) is 5.39 Å². The number of hydrogen-bond acceptors (Lipinski definition) is 3. The molecule has 0 bridgehead atoms. The molecule has 14 heavy (non-hydrogen) atoms. The second-order valence-corrected chi connectivity index (χ2v) is 3.22. The lowest BCUT2D eigenvalue weighted by atomic mass is 9.70. The van der Waals surface area contributed by atoms with Crippen molar-refractivity contribution in [2.24, 2.45) is 0 Å². The number of aromatic nitrogens is 1. The highest BCUT2D eigenvalue weighted by atomic mass is 16.5. The minimum atomic E-state index is -3.45. The zero-order chi connectivity index (χ0) is 10.2. The van der Waals surface area contributed by atoms with E-state index in [9.17, 15) is 0 Å². The SMILES string of the molecule is O[B-](O)(O)c1cccc2ccc[nH+]c12. The van der Waals surface area contributed by atoms with Crippen molar-refractivity contribution in [3.8, 4) is 0 Å². The molecule has 0 saturated carbocycles. The Morgan fingerprint density at radius 2 is 1.71 bits per heavy atom. The predicted molar refractivity (Wildman–Crippen MR) is 52.5 cm³/mol. The fourth-order valence-electron chi connectivity index (χ4n) is 1.50. The molecular formula is C9H10BNO3. The van der Waals surface area contributed by atoms with Gasteiger partial charge in [0.2, 0.25) is 0 Å². The molecule has 1 heterocycles. The molecule has 2 aromatic rings. The minimum absolute atomic E-state index is 0.100. The van der Waals surface area contributed by atoms with Crippen LogP contribution in [0.15, 0.2) is 36.5 Å². The topological polar surface area (TPSA) is 74.8 Å². The molecule has 72 valence electrons. The van der Waals surface area contributed by atoms with Crippen molar-refractivity contribution in [1.82, 2.24) is 0 Å². The van der Waals surface area contributed by atoms with Crippen LogP contribution in [0.4, 0.5) is 0 Å². The summed E-state index contributed by atoms with van der Waals surface area (Å²) in [5.74, 6) is 0. The lowest BCUT2D eigenvalue weighted by molar-refractivity contribution is -0.343. The van der Waals surface area contributed by atoms with Gasteiger partial charge in [0.25, 0.3) is 0 Å². The average molecular weight is 191 g/mol. The summed E-state index contributed by atoms with van der Waals surface area (Å²) in [4.78, 5) is 2.86. The summed E-state index contributed by atoms with van der Waals surface area (Å²) in [7, 11) is 0. The number of fused-ring (bicyclic) bond motifs is 1. The highest BCUT2D eigenvalue weighted by molar-refractivity contribution is 6.73. The molecule has 0 spiro atoms. The van der Waals surface area contributed by atoms with Crippen LogP contribution in [0.5, 0.6) is 0 Å². The monoisotopic (exact) mass is 191 g/mol. The summed E-state index contributed by atoms with van der Waals surface area (Å²) in [6.07, 6.45) is 1.66. The standard InChI is InChI=1S/C9H9BNO3/c12-10(13,14)8-5-1-3-7-4-2-6-11-9(7)8/h1-6,12-14H/q-1/p+1. The summed E-state index contributed by atoms with van der Waals surface area (Å²) < 4.78 is 0. The van der Waals surface area contributed by atoms with E-state index in [4.69, 9.17) is 15.1 Å². The quantitative estimate of drug-likeness (QED) is 0.494. The molecule has 4 N–H and O–H groups in total. The summed E-state index contributed by atoms with van der Waals surface area (Å²) in [5, 5.41) is 28.2. The van der Waals surface area contributed by atoms with Crippen molar-refractivity contribution < 1.29 is 20.1 Å². The molecule has 2 rings (SSSR count). The molecule has 1 aromatic carbocycles. The molecule has 0 unspecified atom stereocenters. The molecule has 5 heteroatoms. The number of nitrogens with one attached hydrogen (secondary N) is 1. The van der Waals surface area contributed by atoms with Gasteiger partial charge in [-0.2, -0.15) is 0 Å². The Hall–Kier alpha value is -1.43. The van der Waals surface area contributed by atoms with Crippen LogP contribution in [-0.2, 0) is 0 Å². The highest BCUT2D eigenvalue weighted by Crippen LogP contribution is 2.06. The maximum absolute atomic E-state index is 9.14. The van der Waals surface area contributed by atoms with E-state index in [1.165, 1.54) is 6.07 Å². The highest BCUT2D eigenvalue weighted by Gasteiger charge is 2.23. The smallest absolute Gasteiger partial charge is 0.409 e. The van der Waals surface area contributed by atoms with Crippen LogP contribution in [0, 0.1) is 0 Å². The minimum Gasteiger partial charge on any atom is -0.556 e. The van der Waals surface area contributed by atoms with Crippen molar-refractivity contribution in [2.75, 3.05) is 0 Å². The van der Waals surface area contributed by atoms with Gasteiger partial charge >= 0.3 is 6.75 Å². The van der Waals surface area contributed by atoms with Gasteiger partial charge < -0.3 is 15.1 Å². The number of para-hydroxylation sites is 1. The summed E-state index contributed by atoms with van der Waals surface area (Å²) in [5.41, 5.74) is 0.630. The van der Waals surface area contributed by atoms with Gasteiger partial charge in [0, 0.05) is 11.5 Å². The van der Waals surface area contributed by atoms with Gasteiger partial charge in [-0.15, -0.1) is 0 Å². The molecule has 4 nitrogen and oxygen atoms in total. The van der Waals surface area contributed by atoms with Crippen molar-refractivity contribution in [1.29, 1.82) is 0 Å². The molecule has 0 radical (unpaired) electrons.